The Morgan fingerprint density at radius 2 is 2.29 bits per heavy atom. The topological polar surface area (TPSA) is 12.0 Å². The lowest BCUT2D eigenvalue weighted by Gasteiger charge is -2.13. The minimum atomic E-state index is -0.169. The van der Waals surface area contributed by atoms with Crippen LogP contribution < -0.4 is 5.32 Å². The maximum Gasteiger partial charge on any atom is 0.137 e. The SMILES string of the molecule is Cc1c(C2CCNC2)ccc(F)c1Br. The molecule has 2 rings (SSSR count). The van der Waals surface area contributed by atoms with Crippen molar-refractivity contribution in [1.29, 1.82) is 0 Å². The van der Waals surface area contributed by atoms with E-state index in [2.05, 4.69) is 21.2 Å². The molecule has 3 heteroatoms. The fourth-order valence-electron chi connectivity index (χ4n) is 2.03. The molecule has 1 aliphatic heterocycles. The molecule has 76 valence electrons. The molecule has 1 nitrogen and oxygen atoms in total. The van der Waals surface area contributed by atoms with Gasteiger partial charge >= 0.3 is 0 Å². The van der Waals surface area contributed by atoms with Crippen molar-refractivity contribution in [3.8, 4) is 0 Å². The largest absolute Gasteiger partial charge is 0.316 e. The molecule has 1 saturated heterocycles. The van der Waals surface area contributed by atoms with Gasteiger partial charge in [0.25, 0.3) is 0 Å². The monoisotopic (exact) mass is 257 g/mol. The van der Waals surface area contributed by atoms with Gasteiger partial charge in [-0.05, 0) is 58.9 Å². The quantitative estimate of drug-likeness (QED) is 0.816. The first-order chi connectivity index (χ1) is 6.70. The van der Waals surface area contributed by atoms with Gasteiger partial charge < -0.3 is 5.32 Å². The van der Waals surface area contributed by atoms with Crippen molar-refractivity contribution in [2.24, 2.45) is 0 Å². The van der Waals surface area contributed by atoms with Crippen molar-refractivity contribution in [2.45, 2.75) is 19.3 Å². The van der Waals surface area contributed by atoms with Crippen molar-refractivity contribution >= 4 is 15.9 Å². The zero-order valence-electron chi connectivity index (χ0n) is 8.11. The molecular formula is C11H13BrFN. The second-order valence-electron chi connectivity index (χ2n) is 3.77. The Kier molecular flexibility index (Phi) is 2.88. The highest BCUT2D eigenvalue weighted by Gasteiger charge is 2.20. The Balaban J connectivity index is 2.38. The molecule has 0 aromatic heterocycles. The molecule has 1 aliphatic rings. The molecule has 0 spiro atoms. The highest BCUT2D eigenvalue weighted by molar-refractivity contribution is 9.10. The summed E-state index contributed by atoms with van der Waals surface area (Å²) in [5.74, 6) is 0.379. The summed E-state index contributed by atoms with van der Waals surface area (Å²) < 4.78 is 13.8. The zero-order chi connectivity index (χ0) is 10.1. The van der Waals surface area contributed by atoms with Crippen LogP contribution in [-0.2, 0) is 0 Å². The fraction of sp³-hybridized carbons (Fsp3) is 0.455. The van der Waals surface area contributed by atoms with Gasteiger partial charge in [-0.25, -0.2) is 4.39 Å². The Labute approximate surface area is 91.8 Å². The molecule has 0 radical (unpaired) electrons. The van der Waals surface area contributed by atoms with Crippen LogP contribution in [0.1, 0.15) is 23.5 Å². The smallest absolute Gasteiger partial charge is 0.137 e. The second-order valence-corrected chi connectivity index (χ2v) is 4.56. The first kappa shape index (κ1) is 10.1. The van der Waals surface area contributed by atoms with E-state index in [0.717, 1.165) is 25.1 Å². The Morgan fingerprint density at radius 3 is 2.93 bits per heavy atom. The predicted octanol–water partition coefficient (Wildman–Crippen LogP) is 2.97. The molecule has 1 fully saturated rings. The summed E-state index contributed by atoms with van der Waals surface area (Å²) in [7, 11) is 0. The molecular weight excluding hydrogens is 245 g/mol. The molecule has 0 bridgehead atoms. The van der Waals surface area contributed by atoms with Crippen molar-refractivity contribution in [3.05, 3.63) is 33.5 Å². The van der Waals surface area contributed by atoms with Gasteiger partial charge in [0.2, 0.25) is 0 Å². The minimum absolute atomic E-state index is 0.169. The summed E-state index contributed by atoms with van der Waals surface area (Å²) >= 11 is 3.28. The summed E-state index contributed by atoms with van der Waals surface area (Å²) in [5, 5.41) is 3.32. The standard InChI is InChI=1S/C11H13BrFN/c1-7-9(8-4-5-14-6-8)2-3-10(13)11(7)12/h2-3,8,14H,4-6H2,1H3. The number of halogens is 2. The molecule has 1 heterocycles. The van der Waals surface area contributed by atoms with Crippen molar-refractivity contribution < 1.29 is 4.39 Å². The average Bonchev–Trinajstić information content (AvgIpc) is 2.67. The van der Waals surface area contributed by atoms with Gasteiger partial charge in [0.1, 0.15) is 5.82 Å². The highest BCUT2D eigenvalue weighted by atomic mass is 79.9. The number of nitrogens with one attached hydrogen (secondary N) is 1. The van der Waals surface area contributed by atoms with Gasteiger partial charge in [0, 0.05) is 6.54 Å². The summed E-state index contributed by atoms with van der Waals surface area (Å²) in [6.45, 7) is 4.05. The third-order valence-electron chi connectivity index (χ3n) is 2.88. The molecule has 0 amide bonds. The van der Waals surface area contributed by atoms with E-state index in [-0.39, 0.29) is 5.82 Å². The average molecular weight is 258 g/mol. The maximum atomic E-state index is 13.2. The van der Waals surface area contributed by atoms with Crippen molar-refractivity contribution in [2.75, 3.05) is 13.1 Å². The van der Waals surface area contributed by atoms with Crippen LogP contribution in [-0.4, -0.2) is 13.1 Å². The van der Waals surface area contributed by atoms with Crippen LogP contribution in [0.4, 0.5) is 4.39 Å². The molecule has 1 atom stereocenters. The summed E-state index contributed by atoms with van der Waals surface area (Å²) in [4.78, 5) is 0. The lowest BCUT2D eigenvalue weighted by atomic mass is 9.94. The van der Waals surface area contributed by atoms with E-state index in [1.54, 1.807) is 6.07 Å². The van der Waals surface area contributed by atoms with E-state index in [9.17, 15) is 4.39 Å². The highest BCUT2D eigenvalue weighted by Crippen LogP contribution is 2.31. The van der Waals surface area contributed by atoms with E-state index in [1.165, 1.54) is 5.56 Å². The van der Waals surface area contributed by atoms with Crippen LogP contribution in [0.25, 0.3) is 0 Å². The fourth-order valence-corrected chi connectivity index (χ4v) is 2.39. The predicted molar refractivity (Wildman–Crippen MR) is 59.1 cm³/mol. The molecule has 1 aromatic rings. The normalized spacial score (nSPS) is 21.5. The Bertz CT molecular complexity index is 345. The molecule has 0 aliphatic carbocycles. The van der Waals surface area contributed by atoms with Crippen LogP contribution in [0, 0.1) is 12.7 Å². The second kappa shape index (κ2) is 3.99. The van der Waals surface area contributed by atoms with Gasteiger partial charge in [-0.3, -0.25) is 0 Å². The molecule has 0 saturated carbocycles. The van der Waals surface area contributed by atoms with Crippen LogP contribution in [0.3, 0.4) is 0 Å². The first-order valence-electron chi connectivity index (χ1n) is 4.85. The summed E-state index contributed by atoms with van der Waals surface area (Å²) in [6, 6.07) is 3.46. The van der Waals surface area contributed by atoms with Crippen LogP contribution >= 0.6 is 15.9 Å². The number of rotatable bonds is 1. The maximum absolute atomic E-state index is 13.2. The molecule has 1 N–H and O–H groups in total. The van der Waals surface area contributed by atoms with Crippen LogP contribution in [0.15, 0.2) is 16.6 Å². The van der Waals surface area contributed by atoms with E-state index in [4.69, 9.17) is 0 Å². The minimum Gasteiger partial charge on any atom is -0.316 e. The number of hydrogen-bond donors (Lipinski definition) is 1. The lowest BCUT2D eigenvalue weighted by Crippen LogP contribution is -2.09. The third kappa shape index (κ3) is 1.71. The summed E-state index contributed by atoms with van der Waals surface area (Å²) in [6.07, 6.45) is 1.15. The Morgan fingerprint density at radius 1 is 1.50 bits per heavy atom. The molecule has 1 aromatic carbocycles. The van der Waals surface area contributed by atoms with Gasteiger partial charge in [0.05, 0.1) is 4.47 Å². The number of hydrogen-bond acceptors (Lipinski definition) is 1. The van der Waals surface area contributed by atoms with E-state index in [1.807, 2.05) is 13.0 Å². The summed E-state index contributed by atoms with van der Waals surface area (Å²) in [5.41, 5.74) is 2.31. The number of benzene rings is 1. The third-order valence-corrected chi connectivity index (χ3v) is 3.85. The first-order valence-corrected chi connectivity index (χ1v) is 5.64. The van der Waals surface area contributed by atoms with Gasteiger partial charge in [-0.2, -0.15) is 0 Å². The van der Waals surface area contributed by atoms with Gasteiger partial charge in [0.15, 0.2) is 0 Å². The Hall–Kier alpha value is -0.410. The van der Waals surface area contributed by atoms with Gasteiger partial charge in [-0.15, -0.1) is 0 Å². The van der Waals surface area contributed by atoms with E-state index < -0.39 is 0 Å². The van der Waals surface area contributed by atoms with Crippen molar-refractivity contribution in [1.82, 2.24) is 5.32 Å². The van der Waals surface area contributed by atoms with E-state index >= 15 is 0 Å². The molecule has 14 heavy (non-hydrogen) atoms. The van der Waals surface area contributed by atoms with E-state index in [0.29, 0.717) is 10.4 Å². The zero-order valence-corrected chi connectivity index (χ0v) is 9.70. The van der Waals surface area contributed by atoms with Crippen molar-refractivity contribution in [3.63, 3.8) is 0 Å². The lowest BCUT2D eigenvalue weighted by molar-refractivity contribution is 0.616. The van der Waals surface area contributed by atoms with Crippen LogP contribution in [0.5, 0.6) is 0 Å². The molecule has 1 unspecified atom stereocenters. The van der Waals surface area contributed by atoms with Crippen LogP contribution in [0.2, 0.25) is 0 Å². The van der Waals surface area contributed by atoms with Gasteiger partial charge in [-0.1, -0.05) is 6.07 Å².